The third-order valence-corrected chi connectivity index (χ3v) is 1.54. The Bertz CT molecular complexity index is 276. The van der Waals surface area contributed by atoms with Crippen molar-refractivity contribution in [2.24, 2.45) is 0 Å². The summed E-state index contributed by atoms with van der Waals surface area (Å²) in [6.45, 7) is 0. The Hall–Kier alpha value is -1.45. The standard InChI is InChI=1S/C9H8O3/c1-2-3-4-5-6-7-8(12-7)9(10)11/h1,7-8H,5-6H2,(H,10,11). The number of ether oxygens (including phenoxy) is 1. The van der Waals surface area contributed by atoms with Gasteiger partial charge in [-0.15, -0.1) is 6.42 Å². The molecule has 1 rings (SSSR count). The molecule has 2 atom stereocenters. The SMILES string of the molecule is C#CC#CCCC1OC1C(=O)O. The average Bonchev–Trinajstić information content (AvgIpc) is 2.77. The second kappa shape index (κ2) is 3.80. The highest BCUT2D eigenvalue weighted by Gasteiger charge is 2.44. The molecule has 0 aromatic carbocycles. The first-order valence-corrected chi connectivity index (χ1v) is 3.57. The van der Waals surface area contributed by atoms with E-state index in [1.807, 2.05) is 0 Å². The van der Waals surface area contributed by atoms with Gasteiger partial charge in [0.2, 0.25) is 0 Å². The van der Waals surface area contributed by atoms with E-state index in [2.05, 4.69) is 17.8 Å². The van der Waals surface area contributed by atoms with Crippen LogP contribution in [0.25, 0.3) is 0 Å². The Balaban J connectivity index is 2.13. The van der Waals surface area contributed by atoms with Crippen molar-refractivity contribution >= 4 is 5.97 Å². The highest BCUT2D eigenvalue weighted by Crippen LogP contribution is 2.26. The maximum absolute atomic E-state index is 10.3. The summed E-state index contributed by atoms with van der Waals surface area (Å²) in [5.74, 6) is 6.44. The zero-order valence-electron chi connectivity index (χ0n) is 6.41. The molecule has 2 unspecified atom stereocenters. The summed E-state index contributed by atoms with van der Waals surface area (Å²) < 4.78 is 4.84. The molecule has 3 nitrogen and oxygen atoms in total. The minimum Gasteiger partial charge on any atom is -0.479 e. The fourth-order valence-electron chi connectivity index (χ4n) is 0.908. The summed E-state index contributed by atoms with van der Waals surface area (Å²) in [6, 6.07) is 0. The van der Waals surface area contributed by atoms with E-state index in [1.165, 1.54) is 0 Å². The minimum atomic E-state index is -0.898. The summed E-state index contributed by atoms with van der Waals surface area (Å²) in [4.78, 5) is 10.3. The normalized spacial score (nSPS) is 24.9. The molecule has 1 aliphatic rings. The van der Waals surface area contributed by atoms with Crippen molar-refractivity contribution < 1.29 is 14.6 Å². The molecule has 3 heteroatoms. The van der Waals surface area contributed by atoms with E-state index in [1.54, 1.807) is 0 Å². The quantitative estimate of drug-likeness (QED) is 0.480. The van der Waals surface area contributed by atoms with Crippen molar-refractivity contribution in [3.05, 3.63) is 0 Å². The van der Waals surface area contributed by atoms with Crippen LogP contribution >= 0.6 is 0 Å². The molecule has 1 aliphatic heterocycles. The lowest BCUT2D eigenvalue weighted by molar-refractivity contribution is -0.138. The molecule has 1 N–H and O–H groups in total. The van der Waals surface area contributed by atoms with Gasteiger partial charge in [-0.05, 0) is 18.3 Å². The summed E-state index contributed by atoms with van der Waals surface area (Å²) in [7, 11) is 0. The fourth-order valence-corrected chi connectivity index (χ4v) is 0.908. The molecular formula is C9H8O3. The number of terminal acetylenes is 1. The molecule has 0 amide bonds. The Labute approximate surface area is 70.7 Å². The Morgan fingerprint density at radius 2 is 2.42 bits per heavy atom. The van der Waals surface area contributed by atoms with E-state index >= 15 is 0 Å². The summed E-state index contributed by atoms with van der Waals surface area (Å²) >= 11 is 0. The predicted molar refractivity (Wildman–Crippen MR) is 42.1 cm³/mol. The summed E-state index contributed by atoms with van der Waals surface area (Å²) in [5, 5.41) is 8.43. The molecule has 0 aliphatic carbocycles. The van der Waals surface area contributed by atoms with Crippen molar-refractivity contribution in [1.29, 1.82) is 0 Å². The van der Waals surface area contributed by atoms with Crippen molar-refractivity contribution in [3.63, 3.8) is 0 Å². The van der Waals surface area contributed by atoms with Gasteiger partial charge in [-0.25, -0.2) is 4.79 Å². The van der Waals surface area contributed by atoms with Gasteiger partial charge in [0.05, 0.1) is 6.10 Å². The molecule has 62 valence electrons. The highest BCUT2D eigenvalue weighted by molar-refractivity contribution is 5.75. The number of hydrogen-bond acceptors (Lipinski definition) is 2. The van der Waals surface area contributed by atoms with E-state index in [9.17, 15) is 4.79 Å². The molecule has 1 fully saturated rings. The molecule has 0 aromatic heterocycles. The number of carboxylic acid groups (broad SMARTS) is 1. The van der Waals surface area contributed by atoms with Gasteiger partial charge in [0, 0.05) is 6.42 Å². The van der Waals surface area contributed by atoms with Gasteiger partial charge in [-0.1, -0.05) is 5.92 Å². The smallest absolute Gasteiger partial charge is 0.335 e. The molecule has 1 saturated heterocycles. The topological polar surface area (TPSA) is 49.8 Å². The lowest BCUT2D eigenvalue weighted by atomic mass is 10.2. The minimum absolute atomic E-state index is 0.158. The first kappa shape index (κ1) is 8.64. The van der Waals surface area contributed by atoms with Gasteiger partial charge >= 0.3 is 5.97 Å². The van der Waals surface area contributed by atoms with Crippen LogP contribution in [0, 0.1) is 24.2 Å². The van der Waals surface area contributed by atoms with E-state index in [4.69, 9.17) is 16.3 Å². The van der Waals surface area contributed by atoms with E-state index < -0.39 is 12.1 Å². The zero-order valence-corrected chi connectivity index (χ0v) is 6.41. The number of epoxide rings is 1. The Kier molecular flexibility index (Phi) is 2.74. The van der Waals surface area contributed by atoms with Crippen LogP contribution in [-0.2, 0) is 9.53 Å². The first-order chi connectivity index (χ1) is 5.75. The number of rotatable bonds is 3. The molecular weight excluding hydrogens is 156 g/mol. The summed E-state index contributed by atoms with van der Waals surface area (Å²) in [6.07, 6.45) is 5.36. The number of carbonyl (C=O) groups is 1. The lowest BCUT2D eigenvalue weighted by Gasteiger charge is -1.84. The fraction of sp³-hybridized carbons (Fsp3) is 0.444. The highest BCUT2D eigenvalue weighted by atomic mass is 16.6. The lowest BCUT2D eigenvalue weighted by Crippen LogP contribution is -2.07. The summed E-state index contributed by atoms with van der Waals surface area (Å²) in [5.41, 5.74) is 0. The predicted octanol–water partition coefficient (Wildman–Crippen LogP) is 0.255. The first-order valence-electron chi connectivity index (χ1n) is 3.57. The number of hydrogen-bond donors (Lipinski definition) is 1. The molecule has 0 bridgehead atoms. The van der Waals surface area contributed by atoms with Crippen molar-refractivity contribution in [2.45, 2.75) is 25.0 Å². The monoisotopic (exact) mass is 164 g/mol. The van der Waals surface area contributed by atoms with Crippen LogP contribution in [0.2, 0.25) is 0 Å². The van der Waals surface area contributed by atoms with Gasteiger partial charge in [-0.3, -0.25) is 0 Å². The van der Waals surface area contributed by atoms with Gasteiger partial charge < -0.3 is 9.84 Å². The number of aliphatic carboxylic acids is 1. The molecule has 0 radical (unpaired) electrons. The maximum atomic E-state index is 10.3. The third-order valence-electron chi connectivity index (χ3n) is 1.54. The van der Waals surface area contributed by atoms with Gasteiger partial charge in [-0.2, -0.15) is 0 Å². The molecule has 1 heterocycles. The Morgan fingerprint density at radius 1 is 1.67 bits per heavy atom. The zero-order chi connectivity index (χ0) is 8.97. The second-order valence-corrected chi connectivity index (χ2v) is 2.42. The van der Waals surface area contributed by atoms with Crippen LogP contribution in [0.15, 0.2) is 0 Å². The van der Waals surface area contributed by atoms with Crippen LogP contribution in [0.1, 0.15) is 12.8 Å². The van der Waals surface area contributed by atoms with Crippen LogP contribution in [0.4, 0.5) is 0 Å². The maximum Gasteiger partial charge on any atom is 0.335 e. The van der Waals surface area contributed by atoms with E-state index in [-0.39, 0.29) is 6.10 Å². The molecule has 0 saturated carbocycles. The molecule has 0 spiro atoms. The van der Waals surface area contributed by atoms with Gasteiger partial charge in [0.25, 0.3) is 0 Å². The third kappa shape index (κ3) is 2.30. The van der Waals surface area contributed by atoms with Crippen LogP contribution in [-0.4, -0.2) is 23.3 Å². The van der Waals surface area contributed by atoms with Gasteiger partial charge in [0.15, 0.2) is 6.10 Å². The van der Waals surface area contributed by atoms with E-state index in [0.717, 1.165) is 0 Å². The number of carboxylic acids is 1. The largest absolute Gasteiger partial charge is 0.479 e. The van der Waals surface area contributed by atoms with Crippen LogP contribution in [0.5, 0.6) is 0 Å². The van der Waals surface area contributed by atoms with Crippen LogP contribution in [0.3, 0.4) is 0 Å². The van der Waals surface area contributed by atoms with Gasteiger partial charge in [0.1, 0.15) is 0 Å². The van der Waals surface area contributed by atoms with Crippen molar-refractivity contribution in [2.75, 3.05) is 0 Å². The Morgan fingerprint density at radius 3 is 2.92 bits per heavy atom. The van der Waals surface area contributed by atoms with Crippen molar-refractivity contribution in [1.82, 2.24) is 0 Å². The van der Waals surface area contributed by atoms with Crippen LogP contribution < -0.4 is 0 Å². The second-order valence-electron chi connectivity index (χ2n) is 2.42. The van der Waals surface area contributed by atoms with Crippen molar-refractivity contribution in [3.8, 4) is 24.2 Å². The average molecular weight is 164 g/mol. The molecule has 12 heavy (non-hydrogen) atoms. The van der Waals surface area contributed by atoms with E-state index in [0.29, 0.717) is 12.8 Å². The molecule has 0 aromatic rings.